The number of benzene rings is 1. The van der Waals surface area contributed by atoms with Crippen LogP contribution in [0.15, 0.2) is 18.2 Å². The summed E-state index contributed by atoms with van der Waals surface area (Å²) in [5.41, 5.74) is 6.36. The number of carboxylic acids is 1. The molecule has 0 radical (unpaired) electrons. The Balaban J connectivity index is 2.90. The molecule has 1 rings (SSSR count). The summed E-state index contributed by atoms with van der Waals surface area (Å²) in [6, 6.07) is 5.21. The van der Waals surface area contributed by atoms with Gasteiger partial charge in [0.05, 0.1) is 0 Å². The Morgan fingerprint density at radius 1 is 1.38 bits per heavy atom. The highest BCUT2D eigenvalue weighted by molar-refractivity contribution is 6.36. The number of halogens is 2. The molecule has 0 saturated carbocycles. The first-order chi connectivity index (χ1) is 7.56. The molecule has 0 spiro atoms. The summed E-state index contributed by atoms with van der Waals surface area (Å²) in [5.74, 6) is -0.959. The average molecular weight is 262 g/mol. The highest BCUT2D eigenvalue weighted by Gasteiger charge is 2.17. The van der Waals surface area contributed by atoms with Crippen LogP contribution in [0.3, 0.4) is 0 Å². The molecule has 0 heterocycles. The fourth-order valence-corrected chi connectivity index (χ4v) is 2.28. The molecule has 1 unspecified atom stereocenters. The molecule has 88 valence electrons. The van der Waals surface area contributed by atoms with Crippen molar-refractivity contribution >= 4 is 29.2 Å². The second kappa shape index (κ2) is 6.09. The van der Waals surface area contributed by atoms with Crippen LogP contribution in [0.4, 0.5) is 0 Å². The molecule has 5 heteroatoms. The number of aliphatic carboxylic acids is 1. The third-order valence-electron chi connectivity index (χ3n) is 2.40. The number of hydrogen-bond donors (Lipinski definition) is 2. The molecule has 0 bridgehead atoms. The van der Waals surface area contributed by atoms with Gasteiger partial charge in [-0.2, -0.15) is 0 Å². The van der Waals surface area contributed by atoms with Crippen LogP contribution in [-0.2, 0) is 4.79 Å². The van der Waals surface area contributed by atoms with Gasteiger partial charge >= 0.3 is 5.97 Å². The Labute approximate surface area is 104 Å². The van der Waals surface area contributed by atoms with Crippen molar-refractivity contribution in [3.8, 4) is 0 Å². The van der Waals surface area contributed by atoms with Gasteiger partial charge in [-0.05, 0) is 36.6 Å². The zero-order valence-corrected chi connectivity index (χ0v) is 10.1. The van der Waals surface area contributed by atoms with Gasteiger partial charge in [-0.15, -0.1) is 0 Å². The van der Waals surface area contributed by atoms with Crippen LogP contribution in [-0.4, -0.2) is 17.6 Å². The standard InChI is InChI=1S/C11H13Cl2NO2/c12-8-2-1-3-9(13)11(8)7(6-14)4-5-10(15)16/h1-3,7H,4-6,14H2,(H,15,16). The molecule has 0 amide bonds. The maximum Gasteiger partial charge on any atom is 0.303 e. The Morgan fingerprint density at radius 3 is 2.38 bits per heavy atom. The van der Waals surface area contributed by atoms with E-state index < -0.39 is 5.97 Å². The zero-order valence-electron chi connectivity index (χ0n) is 8.62. The Morgan fingerprint density at radius 2 is 1.94 bits per heavy atom. The van der Waals surface area contributed by atoms with Crippen molar-refractivity contribution in [3.05, 3.63) is 33.8 Å². The van der Waals surface area contributed by atoms with Crippen LogP contribution >= 0.6 is 23.2 Å². The van der Waals surface area contributed by atoms with Crippen molar-refractivity contribution < 1.29 is 9.90 Å². The minimum Gasteiger partial charge on any atom is -0.481 e. The Hall–Kier alpha value is -0.770. The molecule has 1 aromatic carbocycles. The van der Waals surface area contributed by atoms with Gasteiger partial charge in [0, 0.05) is 16.5 Å². The molecule has 0 fully saturated rings. The number of carboxylic acid groups (broad SMARTS) is 1. The predicted molar refractivity (Wildman–Crippen MR) is 65.1 cm³/mol. The number of carbonyl (C=O) groups is 1. The number of rotatable bonds is 5. The summed E-state index contributed by atoms with van der Waals surface area (Å²) in [5, 5.41) is 9.71. The lowest BCUT2D eigenvalue weighted by Crippen LogP contribution is -2.15. The first kappa shape index (κ1) is 13.3. The van der Waals surface area contributed by atoms with Crippen molar-refractivity contribution in [2.24, 2.45) is 5.73 Å². The Kier molecular flexibility index (Phi) is 5.06. The van der Waals surface area contributed by atoms with E-state index in [1.54, 1.807) is 18.2 Å². The second-order valence-corrected chi connectivity index (χ2v) is 4.31. The lowest BCUT2D eigenvalue weighted by atomic mass is 9.94. The molecule has 1 atom stereocenters. The van der Waals surface area contributed by atoms with Crippen molar-refractivity contribution in [2.45, 2.75) is 18.8 Å². The van der Waals surface area contributed by atoms with Gasteiger partial charge in [0.15, 0.2) is 0 Å². The molecular formula is C11H13Cl2NO2. The molecule has 0 aliphatic carbocycles. The molecule has 16 heavy (non-hydrogen) atoms. The van der Waals surface area contributed by atoms with Gasteiger partial charge < -0.3 is 10.8 Å². The summed E-state index contributed by atoms with van der Waals surface area (Å²) >= 11 is 12.1. The molecule has 0 aliphatic heterocycles. The van der Waals surface area contributed by atoms with Crippen molar-refractivity contribution in [2.75, 3.05) is 6.54 Å². The van der Waals surface area contributed by atoms with E-state index in [-0.39, 0.29) is 12.3 Å². The molecule has 0 saturated heterocycles. The van der Waals surface area contributed by atoms with Gasteiger partial charge in [-0.3, -0.25) is 4.79 Å². The van der Waals surface area contributed by atoms with Gasteiger partial charge in [0.1, 0.15) is 0 Å². The van der Waals surface area contributed by atoms with E-state index in [9.17, 15) is 4.79 Å². The second-order valence-electron chi connectivity index (χ2n) is 3.50. The fraction of sp³-hybridized carbons (Fsp3) is 0.364. The Bertz CT molecular complexity index is 362. The van der Waals surface area contributed by atoms with Gasteiger partial charge in [-0.25, -0.2) is 0 Å². The molecular weight excluding hydrogens is 249 g/mol. The van der Waals surface area contributed by atoms with Crippen LogP contribution in [0.2, 0.25) is 10.0 Å². The lowest BCUT2D eigenvalue weighted by Gasteiger charge is -2.17. The molecule has 1 aromatic rings. The molecule has 3 nitrogen and oxygen atoms in total. The number of nitrogens with two attached hydrogens (primary N) is 1. The minimum atomic E-state index is -0.846. The van der Waals surface area contributed by atoms with Crippen molar-refractivity contribution in [3.63, 3.8) is 0 Å². The summed E-state index contributed by atoms with van der Waals surface area (Å²) in [6.45, 7) is 0.330. The maximum absolute atomic E-state index is 10.5. The summed E-state index contributed by atoms with van der Waals surface area (Å²) < 4.78 is 0. The minimum absolute atomic E-state index is 0.0589. The largest absolute Gasteiger partial charge is 0.481 e. The zero-order chi connectivity index (χ0) is 12.1. The van der Waals surface area contributed by atoms with E-state index in [0.29, 0.717) is 23.0 Å². The summed E-state index contributed by atoms with van der Waals surface area (Å²) in [7, 11) is 0. The van der Waals surface area contributed by atoms with Crippen LogP contribution < -0.4 is 5.73 Å². The first-order valence-electron chi connectivity index (χ1n) is 4.92. The van der Waals surface area contributed by atoms with Crippen LogP contribution in [0.1, 0.15) is 24.3 Å². The SMILES string of the molecule is NCC(CCC(=O)O)c1c(Cl)cccc1Cl. The highest BCUT2D eigenvalue weighted by Crippen LogP contribution is 2.33. The van der Waals surface area contributed by atoms with Crippen LogP contribution in [0.5, 0.6) is 0 Å². The molecule has 0 aromatic heterocycles. The fourth-order valence-electron chi connectivity index (χ4n) is 1.58. The monoisotopic (exact) mass is 261 g/mol. The van der Waals surface area contributed by atoms with Crippen LogP contribution in [0, 0.1) is 0 Å². The predicted octanol–water partition coefficient (Wildman–Crippen LogP) is 2.90. The first-order valence-corrected chi connectivity index (χ1v) is 5.67. The van der Waals surface area contributed by atoms with E-state index in [4.69, 9.17) is 34.0 Å². The maximum atomic E-state index is 10.5. The van der Waals surface area contributed by atoms with Gasteiger partial charge in [0.2, 0.25) is 0 Å². The topological polar surface area (TPSA) is 63.3 Å². The van der Waals surface area contributed by atoms with E-state index >= 15 is 0 Å². The van der Waals surface area contributed by atoms with E-state index in [2.05, 4.69) is 0 Å². The van der Waals surface area contributed by atoms with E-state index in [0.717, 1.165) is 5.56 Å². The van der Waals surface area contributed by atoms with E-state index in [1.807, 2.05) is 0 Å². The third-order valence-corrected chi connectivity index (χ3v) is 3.06. The lowest BCUT2D eigenvalue weighted by molar-refractivity contribution is -0.137. The highest BCUT2D eigenvalue weighted by atomic mass is 35.5. The third kappa shape index (κ3) is 3.37. The quantitative estimate of drug-likeness (QED) is 0.857. The van der Waals surface area contributed by atoms with Crippen LogP contribution in [0.25, 0.3) is 0 Å². The van der Waals surface area contributed by atoms with Gasteiger partial charge in [0.25, 0.3) is 0 Å². The van der Waals surface area contributed by atoms with Gasteiger partial charge in [-0.1, -0.05) is 29.3 Å². The van der Waals surface area contributed by atoms with E-state index in [1.165, 1.54) is 0 Å². The van der Waals surface area contributed by atoms with Crippen molar-refractivity contribution in [1.29, 1.82) is 0 Å². The smallest absolute Gasteiger partial charge is 0.303 e. The number of hydrogen-bond acceptors (Lipinski definition) is 2. The normalized spacial score (nSPS) is 12.4. The summed E-state index contributed by atoms with van der Waals surface area (Å²) in [4.78, 5) is 10.5. The molecule has 3 N–H and O–H groups in total. The van der Waals surface area contributed by atoms with Crippen molar-refractivity contribution in [1.82, 2.24) is 0 Å². The summed E-state index contributed by atoms with van der Waals surface area (Å²) in [6.07, 6.45) is 0.499. The average Bonchev–Trinajstić information content (AvgIpc) is 2.22. The molecule has 0 aliphatic rings.